The summed E-state index contributed by atoms with van der Waals surface area (Å²) in [4.78, 5) is 15.5. The van der Waals surface area contributed by atoms with Crippen molar-refractivity contribution < 1.29 is 31.1 Å². The Labute approximate surface area is 256 Å². The number of halogens is 3. The van der Waals surface area contributed by atoms with Gasteiger partial charge in [-0.3, -0.25) is 4.79 Å². The number of ether oxygens (including phenoxy) is 1. The van der Waals surface area contributed by atoms with Gasteiger partial charge in [-0.2, -0.15) is 18.4 Å². The van der Waals surface area contributed by atoms with Gasteiger partial charge in [0.15, 0.2) is 9.84 Å². The molecule has 1 N–H and O–H groups in total. The third-order valence-corrected chi connectivity index (χ3v) is 9.76. The van der Waals surface area contributed by atoms with Gasteiger partial charge in [-0.25, -0.2) is 8.42 Å². The first-order valence-corrected chi connectivity index (χ1v) is 16.2. The molecule has 0 saturated carbocycles. The number of sulfone groups is 1. The number of alkyl halides is 3. The molecule has 1 fully saturated rings. The number of anilines is 1. The summed E-state index contributed by atoms with van der Waals surface area (Å²) in [5.74, 6) is -0.377. The third-order valence-electron chi connectivity index (χ3n) is 8.01. The number of carbonyl (C=O) groups is 1. The first-order chi connectivity index (χ1) is 21.0. The van der Waals surface area contributed by atoms with Crippen molar-refractivity contribution in [3.63, 3.8) is 0 Å². The van der Waals surface area contributed by atoms with E-state index in [1.807, 2.05) is 19.1 Å². The summed E-state index contributed by atoms with van der Waals surface area (Å²) in [7, 11) is -3.37. The molecule has 0 aliphatic carbocycles. The van der Waals surface area contributed by atoms with Crippen molar-refractivity contribution in [3.05, 3.63) is 95.1 Å². The molecular formula is C33H36F3N3O4S. The Bertz CT molecular complexity index is 1550. The summed E-state index contributed by atoms with van der Waals surface area (Å²) in [5, 5.41) is 12.2. The van der Waals surface area contributed by atoms with Crippen LogP contribution in [0.4, 0.5) is 18.9 Å². The maximum Gasteiger partial charge on any atom is 0.416 e. The molecular weight excluding hydrogens is 591 g/mol. The molecule has 1 unspecified atom stereocenters. The van der Waals surface area contributed by atoms with Crippen LogP contribution in [0.5, 0.6) is 0 Å². The second-order valence-corrected chi connectivity index (χ2v) is 13.0. The number of amides is 1. The molecule has 3 aromatic carbocycles. The summed E-state index contributed by atoms with van der Waals surface area (Å²) >= 11 is 0. The van der Waals surface area contributed by atoms with Crippen molar-refractivity contribution in [3.8, 4) is 6.07 Å². The van der Waals surface area contributed by atoms with Gasteiger partial charge in [-0.15, -0.1) is 0 Å². The number of piperidine rings is 1. The van der Waals surface area contributed by atoms with Gasteiger partial charge in [0.1, 0.15) is 0 Å². The molecule has 234 valence electrons. The van der Waals surface area contributed by atoms with Crippen LogP contribution in [0.2, 0.25) is 0 Å². The van der Waals surface area contributed by atoms with E-state index in [1.165, 1.54) is 12.1 Å². The van der Waals surface area contributed by atoms with E-state index in [2.05, 4.69) is 16.3 Å². The summed E-state index contributed by atoms with van der Waals surface area (Å²) in [6.07, 6.45) is -2.78. The van der Waals surface area contributed by atoms with Crippen LogP contribution >= 0.6 is 0 Å². The van der Waals surface area contributed by atoms with E-state index in [4.69, 9.17) is 4.74 Å². The third kappa shape index (κ3) is 7.98. The molecule has 0 spiro atoms. The van der Waals surface area contributed by atoms with Gasteiger partial charge in [-0.1, -0.05) is 31.2 Å². The molecule has 4 rings (SSSR count). The van der Waals surface area contributed by atoms with Gasteiger partial charge in [0.25, 0.3) is 5.91 Å². The van der Waals surface area contributed by atoms with E-state index in [-0.39, 0.29) is 34.9 Å². The lowest BCUT2D eigenvalue weighted by molar-refractivity contribution is -0.137. The molecule has 11 heteroatoms. The van der Waals surface area contributed by atoms with E-state index in [9.17, 15) is 31.6 Å². The predicted molar refractivity (Wildman–Crippen MR) is 162 cm³/mol. The maximum absolute atomic E-state index is 13.2. The summed E-state index contributed by atoms with van der Waals surface area (Å²) in [6, 6.07) is 20.1. The fraction of sp³-hybridized carbons (Fsp3) is 0.394. The normalized spacial score (nSPS) is 18.0. The maximum atomic E-state index is 13.2. The summed E-state index contributed by atoms with van der Waals surface area (Å²) < 4.78 is 69.3. The zero-order valence-corrected chi connectivity index (χ0v) is 25.5. The van der Waals surface area contributed by atoms with Crippen molar-refractivity contribution in [1.29, 1.82) is 5.26 Å². The smallest absolute Gasteiger partial charge is 0.380 e. The highest BCUT2D eigenvalue weighted by atomic mass is 32.2. The molecule has 0 radical (unpaired) electrons. The predicted octanol–water partition coefficient (Wildman–Crippen LogP) is 6.67. The zero-order chi connectivity index (χ0) is 31.9. The average Bonchev–Trinajstić information content (AvgIpc) is 3.03. The fourth-order valence-corrected chi connectivity index (χ4v) is 6.33. The van der Waals surface area contributed by atoms with E-state index in [1.54, 1.807) is 43.3 Å². The van der Waals surface area contributed by atoms with Crippen LogP contribution in [0, 0.1) is 11.3 Å². The van der Waals surface area contributed by atoms with E-state index < -0.39 is 27.6 Å². The van der Waals surface area contributed by atoms with Gasteiger partial charge < -0.3 is 15.0 Å². The minimum Gasteiger partial charge on any atom is -0.380 e. The number of nitriles is 1. The van der Waals surface area contributed by atoms with E-state index in [0.29, 0.717) is 30.9 Å². The van der Waals surface area contributed by atoms with Gasteiger partial charge in [0.2, 0.25) is 0 Å². The Kier molecular flexibility index (Phi) is 10.7. The lowest BCUT2D eigenvalue weighted by Crippen LogP contribution is -2.45. The Hall–Kier alpha value is -3.88. The minimum absolute atomic E-state index is 0.00191. The highest BCUT2D eigenvalue weighted by molar-refractivity contribution is 7.91. The minimum atomic E-state index is -4.38. The molecule has 1 amide bonds. The average molecular weight is 628 g/mol. The number of hydrogen-bond acceptors (Lipinski definition) is 6. The topological polar surface area (TPSA) is 99.5 Å². The monoisotopic (exact) mass is 627 g/mol. The zero-order valence-electron chi connectivity index (χ0n) is 24.7. The Morgan fingerprint density at radius 2 is 1.68 bits per heavy atom. The molecule has 1 aliphatic rings. The number of nitrogens with zero attached hydrogens (tertiary/aromatic N) is 2. The first-order valence-electron chi connectivity index (χ1n) is 14.6. The number of hydrogen-bond donors (Lipinski definition) is 1. The van der Waals surface area contributed by atoms with Gasteiger partial charge in [0, 0.05) is 30.3 Å². The molecule has 0 aromatic heterocycles. The standard InChI is InChI=1S/C33H36F3N3O4S/c1-3-43-22-29-16-9-26(23-5-12-27(13-6-23)33(34,35)36)21-39(29)28-14-7-25(8-15-28)32(40)38-31(19-20-37)24-10-17-30(18-11-24)44(41,42)4-2/h5-8,10-15,17-18,26,29,31H,3-4,9,16,19,21-22H2,1-2H3,(H,38,40)/t26?,29-,31+/m0/s1. The molecule has 7 nitrogen and oxygen atoms in total. The lowest BCUT2D eigenvalue weighted by atomic mass is 9.86. The van der Waals surface area contributed by atoms with Crippen molar-refractivity contribution >= 4 is 21.4 Å². The SMILES string of the molecule is CCOC[C@@H]1CCC(c2ccc(C(F)(F)F)cc2)CN1c1ccc(C(=O)N[C@H](CC#N)c2ccc(S(=O)(=O)CC)cc2)cc1. The van der Waals surface area contributed by atoms with Gasteiger partial charge in [-0.05, 0) is 79.4 Å². The Morgan fingerprint density at radius 3 is 2.25 bits per heavy atom. The van der Waals surface area contributed by atoms with Crippen LogP contribution in [0.15, 0.2) is 77.7 Å². The van der Waals surface area contributed by atoms with Crippen LogP contribution in [-0.2, 0) is 20.8 Å². The van der Waals surface area contributed by atoms with Crippen molar-refractivity contribution in [2.75, 3.05) is 30.4 Å². The molecule has 44 heavy (non-hydrogen) atoms. The van der Waals surface area contributed by atoms with Crippen LogP contribution in [0.3, 0.4) is 0 Å². The van der Waals surface area contributed by atoms with E-state index >= 15 is 0 Å². The number of carbonyl (C=O) groups excluding carboxylic acids is 1. The number of benzene rings is 3. The fourth-order valence-electron chi connectivity index (χ4n) is 5.45. The van der Waals surface area contributed by atoms with Crippen molar-refractivity contribution in [2.45, 2.75) is 62.2 Å². The number of rotatable bonds is 11. The molecule has 0 bridgehead atoms. The molecule has 1 heterocycles. The van der Waals surface area contributed by atoms with Crippen LogP contribution in [-0.4, -0.2) is 45.9 Å². The highest BCUT2D eigenvalue weighted by Crippen LogP contribution is 2.36. The molecule has 3 atom stereocenters. The van der Waals surface area contributed by atoms with E-state index in [0.717, 1.165) is 36.2 Å². The Balaban J connectivity index is 1.50. The molecule has 1 saturated heterocycles. The van der Waals surface area contributed by atoms with Gasteiger partial charge >= 0.3 is 6.18 Å². The van der Waals surface area contributed by atoms with Crippen molar-refractivity contribution in [1.82, 2.24) is 5.32 Å². The lowest BCUT2D eigenvalue weighted by Gasteiger charge is -2.41. The molecule has 1 aliphatic heterocycles. The van der Waals surface area contributed by atoms with Crippen LogP contribution < -0.4 is 10.2 Å². The second kappa shape index (κ2) is 14.3. The largest absolute Gasteiger partial charge is 0.416 e. The molecule has 3 aromatic rings. The van der Waals surface area contributed by atoms with Gasteiger partial charge in [0.05, 0.1) is 47.4 Å². The van der Waals surface area contributed by atoms with Crippen molar-refractivity contribution in [2.24, 2.45) is 0 Å². The quantitative estimate of drug-likeness (QED) is 0.255. The second-order valence-electron chi connectivity index (χ2n) is 10.8. The highest BCUT2D eigenvalue weighted by Gasteiger charge is 2.32. The van der Waals surface area contributed by atoms with Crippen LogP contribution in [0.25, 0.3) is 0 Å². The first kappa shape index (κ1) is 33.0. The summed E-state index contributed by atoms with van der Waals surface area (Å²) in [6.45, 7) is 5.14. The number of nitrogens with one attached hydrogen (secondary N) is 1. The summed E-state index contributed by atoms with van der Waals surface area (Å²) in [5.41, 5.74) is 2.05. The Morgan fingerprint density at radius 1 is 1.02 bits per heavy atom. The van der Waals surface area contributed by atoms with Crippen LogP contribution in [0.1, 0.15) is 72.1 Å².